The van der Waals surface area contributed by atoms with E-state index in [0.29, 0.717) is 50.5 Å². The fourth-order valence-corrected chi connectivity index (χ4v) is 7.11. The lowest BCUT2D eigenvalue weighted by Crippen LogP contribution is -2.56. The topological polar surface area (TPSA) is 129 Å². The zero-order valence-corrected chi connectivity index (χ0v) is 25.2. The molecule has 0 aliphatic carbocycles. The Labute approximate surface area is 247 Å². The van der Waals surface area contributed by atoms with Gasteiger partial charge in [0.15, 0.2) is 0 Å². The van der Waals surface area contributed by atoms with Gasteiger partial charge in [0.2, 0.25) is 5.91 Å². The van der Waals surface area contributed by atoms with Crippen LogP contribution in [-0.2, 0) is 26.4 Å². The summed E-state index contributed by atoms with van der Waals surface area (Å²) in [5.41, 5.74) is -1.90. The van der Waals surface area contributed by atoms with Crippen molar-refractivity contribution in [2.45, 2.75) is 70.7 Å². The zero-order chi connectivity index (χ0) is 30.2. The van der Waals surface area contributed by atoms with E-state index in [4.69, 9.17) is 14.2 Å². The summed E-state index contributed by atoms with van der Waals surface area (Å²) in [4.78, 5) is 56.1. The maximum atomic E-state index is 14.4. The first-order valence-corrected chi connectivity index (χ1v) is 15.1. The molecule has 42 heavy (non-hydrogen) atoms. The highest BCUT2D eigenvalue weighted by Gasteiger charge is 2.39. The maximum Gasteiger partial charge on any atom is 0.346 e. The van der Waals surface area contributed by atoms with Gasteiger partial charge < -0.3 is 24.2 Å². The molecule has 11 nitrogen and oxygen atoms in total. The van der Waals surface area contributed by atoms with E-state index < -0.39 is 28.9 Å². The molecule has 2 saturated heterocycles. The lowest BCUT2D eigenvalue weighted by atomic mass is 10.0. The SMILES string of the molecule is COc1ccccc1C(Cn1c(=O)n(C(C)(C)C(=O)N2CCCC2)c(=O)c2c(C)c(C(=O)O)sc21)OC1CCOCC1. The largest absolute Gasteiger partial charge is 0.496 e. The van der Waals surface area contributed by atoms with E-state index in [2.05, 4.69) is 0 Å². The van der Waals surface area contributed by atoms with Crippen molar-refractivity contribution in [3.05, 3.63) is 61.1 Å². The standard InChI is InChI=1S/C30H37N3O8S/c1-18-23-25(34)33(30(2,3)28(37)31-13-7-8-14-31)29(38)32(26(23)42-24(18)27(35)36)17-22(41-19-11-15-40-16-12-19)20-9-5-6-10-21(20)39-4/h5-6,9-10,19,22H,7-8,11-17H2,1-4H3,(H,35,36). The molecule has 12 heteroatoms. The van der Waals surface area contributed by atoms with E-state index in [1.807, 2.05) is 24.3 Å². The van der Waals surface area contributed by atoms with Crippen LogP contribution in [0.4, 0.5) is 0 Å². The predicted octanol–water partition coefficient (Wildman–Crippen LogP) is 3.53. The highest BCUT2D eigenvalue weighted by molar-refractivity contribution is 7.20. The van der Waals surface area contributed by atoms with E-state index >= 15 is 0 Å². The summed E-state index contributed by atoms with van der Waals surface area (Å²) < 4.78 is 20.1. The number of carboxylic acid groups (broad SMARTS) is 1. The van der Waals surface area contributed by atoms with Crippen molar-refractivity contribution in [1.82, 2.24) is 14.0 Å². The van der Waals surface area contributed by atoms with Crippen molar-refractivity contribution in [3.8, 4) is 5.75 Å². The molecule has 1 unspecified atom stereocenters. The molecule has 0 radical (unpaired) electrons. The number of likely N-dealkylation sites (tertiary alicyclic amines) is 1. The first kappa shape index (κ1) is 30.0. The minimum atomic E-state index is -1.51. The summed E-state index contributed by atoms with van der Waals surface area (Å²) >= 11 is 0.881. The number of carbonyl (C=O) groups is 2. The summed E-state index contributed by atoms with van der Waals surface area (Å²) in [7, 11) is 1.56. The van der Waals surface area contributed by atoms with Crippen LogP contribution in [0.25, 0.3) is 10.2 Å². The van der Waals surface area contributed by atoms with Gasteiger partial charge in [0.05, 0.1) is 25.1 Å². The van der Waals surface area contributed by atoms with Crippen molar-refractivity contribution in [2.75, 3.05) is 33.4 Å². The van der Waals surface area contributed by atoms with Crippen LogP contribution in [0, 0.1) is 6.92 Å². The Bertz CT molecular complexity index is 1610. The lowest BCUT2D eigenvalue weighted by Gasteiger charge is -2.32. The first-order valence-electron chi connectivity index (χ1n) is 14.2. The van der Waals surface area contributed by atoms with Gasteiger partial charge in [-0.15, -0.1) is 11.3 Å². The molecular formula is C30H37N3O8S. The molecule has 0 bridgehead atoms. The van der Waals surface area contributed by atoms with Crippen molar-refractivity contribution in [2.24, 2.45) is 0 Å². The number of benzene rings is 1. The number of ether oxygens (including phenoxy) is 3. The van der Waals surface area contributed by atoms with Crippen molar-refractivity contribution >= 4 is 33.4 Å². The average Bonchev–Trinajstić information content (AvgIpc) is 3.63. The Hall–Kier alpha value is -3.48. The minimum absolute atomic E-state index is 0.0274. The molecule has 0 saturated carbocycles. The third kappa shape index (κ3) is 5.38. The normalized spacial score (nSPS) is 17.1. The van der Waals surface area contributed by atoms with Crippen LogP contribution in [0.3, 0.4) is 0 Å². The Balaban J connectivity index is 1.72. The fraction of sp³-hybridized carbons (Fsp3) is 0.533. The Morgan fingerprint density at radius 1 is 1.14 bits per heavy atom. The van der Waals surface area contributed by atoms with Crippen LogP contribution in [0.15, 0.2) is 33.9 Å². The molecular weight excluding hydrogens is 562 g/mol. The van der Waals surface area contributed by atoms with Gasteiger partial charge in [0.25, 0.3) is 5.56 Å². The van der Waals surface area contributed by atoms with Gasteiger partial charge >= 0.3 is 11.7 Å². The Morgan fingerprint density at radius 3 is 2.45 bits per heavy atom. The van der Waals surface area contributed by atoms with Crippen LogP contribution in [-0.4, -0.2) is 70.5 Å². The number of para-hydroxylation sites is 1. The van der Waals surface area contributed by atoms with Gasteiger partial charge in [-0.05, 0) is 58.1 Å². The molecule has 1 aromatic carbocycles. The predicted molar refractivity (Wildman–Crippen MR) is 158 cm³/mol. The number of aryl methyl sites for hydroxylation is 1. The van der Waals surface area contributed by atoms with Crippen LogP contribution in [0.5, 0.6) is 5.75 Å². The number of aromatic carboxylic acids is 1. The summed E-state index contributed by atoms with van der Waals surface area (Å²) in [6, 6.07) is 7.37. The van der Waals surface area contributed by atoms with E-state index in [1.54, 1.807) is 32.8 Å². The van der Waals surface area contributed by atoms with Gasteiger partial charge in [0, 0.05) is 31.9 Å². The molecule has 2 fully saturated rings. The molecule has 2 aliphatic rings. The number of hydrogen-bond acceptors (Lipinski definition) is 8. The summed E-state index contributed by atoms with van der Waals surface area (Å²) in [6.07, 6.45) is 2.25. The smallest absolute Gasteiger partial charge is 0.346 e. The maximum absolute atomic E-state index is 14.4. The van der Waals surface area contributed by atoms with Gasteiger partial charge in [-0.1, -0.05) is 18.2 Å². The van der Waals surface area contributed by atoms with Gasteiger partial charge in [0.1, 0.15) is 27.1 Å². The molecule has 226 valence electrons. The van der Waals surface area contributed by atoms with Crippen molar-refractivity contribution in [1.29, 1.82) is 0 Å². The molecule has 1 N–H and O–H groups in total. The van der Waals surface area contributed by atoms with Gasteiger partial charge in [-0.25, -0.2) is 14.2 Å². The second kappa shape index (κ2) is 12.0. The lowest BCUT2D eigenvalue weighted by molar-refractivity contribution is -0.138. The highest BCUT2D eigenvalue weighted by atomic mass is 32.1. The van der Waals surface area contributed by atoms with E-state index in [1.165, 1.54) is 4.57 Å². The molecule has 5 rings (SSSR count). The molecule has 0 spiro atoms. The van der Waals surface area contributed by atoms with Crippen molar-refractivity contribution in [3.63, 3.8) is 0 Å². The molecule has 1 atom stereocenters. The molecule has 2 aliphatic heterocycles. The number of amides is 1. The first-order chi connectivity index (χ1) is 20.1. The minimum Gasteiger partial charge on any atom is -0.496 e. The second-order valence-corrected chi connectivity index (χ2v) is 12.3. The van der Waals surface area contributed by atoms with Gasteiger partial charge in [-0.2, -0.15) is 0 Å². The third-order valence-electron chi connectivity index (χ3n) is 8.24. The number of hydrogen-bond donors (Lipinski definition) is 1. The van der Waals surface area contributed by atoms with Crippen molar-refractivity contribution < 1.29 is 28.9 Å². The number of thiophene rings is 1. The summed E-state index contributed by atoms with van der Waals surface area (Å²) in [6.45, 7) is 6.90. The Kier molecular flexibility index (Phi) is 8.58. The number of methoxy groups -OCH3 is 1. The molecule has 1 amide bonds. The van der Waals surface area contributed by atoms with Crippen LogP contribution in [0.1, 0.15) is 66.4 Å². The van der Waals surface area contributed by atoms with Crippen LogP contribution in [0.2, 0.25) is 0 Å². The number of carboxylic acids is 1. The van der Waals surface area contributed by atoms with E-state index in [9.17, 15) is 24.3 Å². The van der Waals surface area contributed by atoms with Crippen LogP contribution < -0.4 is 16.0 Å². The third-order valence-corrected chi connectivity index (χ3v) is 9.54. The molecule has 4 heterocycles. The number of carbonyl (C=O) groups excluding carboxylic acids is 1. The molecule has 2 aromatic heterocycles. The zero-order valence-electron chi connectivity index (χ0n) is 24.4. The quantitative estimate of drug-likeness (QED) is 0.396. The van der Waals surface area contributed by atoms with Gasteiger partial charge in [-0.3, -0.25) is 14.2 Å². The summed E-state index contributed by atoms with van der Waals surface area (Å²) in [5, 5.41) is 10.0. The number of aromatic nitrogens is 2. The Morgan fingerprint density at radius 2 is 1.81 bits per heavy atom. The number of rotatable bonds is 9. The molecule has 3 aromatic rings. The number of fused-ring (bicyclic) bond motifs is 1. The van der Waals surface area contributed by atoms with Crippen LogP contribution >= 0.6 is 11.3 Å². The van der Waals surface area contributed by atoms with E-state index in [0.717, 1.165) is 28.7 Å². The monoisotopic (exact) mass is 599 g/mol. The van der Waals surface area contributed by atoms with E-state index in [-0.39, 0.29) is 39.2 Å². The average molecular weight is 600 g/mol. The number of nitrogens with zero attached hydrogens (tertiary/aromatic N) is 3. The summed E-state index contributed by atoms with van der Waals surface area (Å²) in [5.74, 6) is -0.938. The highest BCUT2D eigenvalue weighted by Crippen LogP contribution is 2.34. The fourth-order valence-electron chi connectivity index (χ4n) is 5.96. The second-order valence-electron chi connectivity index (χ2n) is 11.3.